The van der Waals surface area contributed by atoms with Gasteiger partial charge in [-0.05, 0) is 45.9 Å². The highest BCUT2D eigenvalue weighted by molar-refractivity contribution is 7.11. The minimum absolute atomic E-state index is 0.0479. The first kappa shape index (κ1) is 14.8. The number of aromatic nitrogens is 2. The molecule has 2 aromatic rings. The third-order valence-corrected chi connectivity index (χ3v) is 4.14. The van der Waals surface area contributed by atoms with Crippen LogP contribution in [0.2, 0.25) is 0 Å². The minimum atomic E-state index is -0.0479. The Hall–Kier alpha value is -1.62. The Bertz CT molecular complexity index is 600. The van der Waals surface area contributed by atoms with Gasteiger partial charge in [0.25, 0.3) is 5.91 Å². The summed E-state index contributed by atoms with van der Waals surface area (Å²) in [4.78, 5) is 14.9. The normalized spacial score (nSPS) is 12.4. The summed E-state index contributed by atoms with van der Waals surface area (Å²) in [5.41, 5.74) is 1.51. The van der Waals surface area contributed by atoms with Crippen LogP contribution in [0.25, 0.3) is 0 Å². The maximum absolute atomic E-state index is 12.3. The van der Waals surface area contributed by atoms with Crippen molar-refractivity contribution < 1.29 is 4.79 Å². The van der Waals surface area contributed by atoms with E-state index in [0.29, 0.717) is 12.2 Å². The molecule has 0 aliphatic carbocycles. The average Bonchev–Trinajstić information content (AvgIpc) is 2.95. The first-order valence-electron chi connectivity index (χ1n) is 6.90. The van der Waals surface area contributed by atoms with Crippen molar-refractivity contribution in [2.45, 2.75) is 46.7 Å². The number of hydrogen-bond donors (Lipinski definition) is 1. The molecule has 0 radical (unpaired) electrons. The van der Waals surface area contributed by atoms with Crippen LogP contribution in [0, 0.1) is 13.8 Å². The molecule has 0 fully saturated rings. The Balaban J connectivity index is 1.99. The minimum Gasteiger partial charge on any atom is -0.348 e. The third-order valence-electron chi connectivity index (χ3n) is 3.12. The van der Waals surface area contributed by atoms with Crippen LogP contribution >= 0.6 is 11.3 Å². The Morgan fingerprint density at radius 1 is 1.45 bits per heavy atom. The predicted molar refractivity (Wildman–Crippen MR) is 82.3 cm³/mol. The Labute approximate surface area is 123 Å². The monoisotopic (exact) mass is 291 g/mol. The van der Waals surface area contributed by atoms with Crippen LogP contribution in [0.3, 0.4) is 0 Å². The molecule has 1 N–H and O–H groups in total. The SMILES string of the molecule is CCn1nc(C)cc1C(=O)N[C@H](C)Cc1ccc(C)s1. The number of aryl methyl sites for hydroxylation is 3. The van der Waals surface area contributed by atoms with E-state index in [-0.39, 0.29) is 11.9 Å². The van der Waals surface area contributed by atoms with Crippen molar-refractivity contribution in [3.63, 3.8) is 0 Å². The van der Waals surface area contributed by atoms with Gasteiger partial charge >= 0.3 is 0 Å². The third kappa shape index (κ3) is 3.48. The fraction of sp³-hybridized carbons (Fsp3) is 0.467. The summed E-state index contributed by atoms with van der Waals surface area (Å²) in [6.45, 7) is 8.73. The van der Waals surface area contributed by atoms with Gasteiger partial charge in [0.15, 0.2) is 0 Å². The molecule has 0 saturated heterocycles. The zero-order valence-electron chi connectivity index (χ0n) is 12.4. The molecule has 0 bridgehead atoms. The number of carbonyl (C=O) groups excluding carboxylic acids is 1. The van der Waals surface area contributed by atoms with Crippen molar-refractivity contribution in [3.8, 4) is 0 Å². The van der Waals surface area contributed by atoms with Gasteiger partial charge in [-0.2, -0.15) is 5.10 Å². The molecule has 0 aliphatic rings. The molecule has 2 rings (SSSR count). The van der Waals surface area contributed by atoms with Gasteiger partial charge in [0.1, 0.15) is 5.69 Å². The van der Waals surface area contributed by atoms with Gasteiger partial charge in [0.05, 0.1) is 5.69 Å². The van der Waals surface area contributed by atoms with E-state index in [0.717, 1.165) is 12.1 Å². The number of thiophene rings is 1. The summed E-state index contributed by atoms with van der Waals surface area (Å²) < 4.78 is 1.74. The smallest absolute Gasteiger partial charge is 0.269 e. The number of hydrogen-bond acceptors (Lipinski definition) is 3. The van der Waals surface area contributed by atoms with E-state index in [2.05, 4.69) is 29.5 Å². The highest BCUT2D eigenvalue weighted by atomic mass is 32.1. The van der Waals surface area contributed by atoms with Crippen LogP contribution in [-0.4, -0.2) is 21.7 Å². The fourth-order valence-corrected chi connectivity index (χ4v) is 3.23. The Morgan fingerprint density at radius 2 is 2.20 bits per heavy atom. The fourth-order valence-electron chi connectivity index (χ4n) is 2.21. The molecule has 2 heterocycles. The lowest BCUT2D eigenvalue weighted by Crippen LogP contribution is -2.35. The first-order valence-corrected chi connectivity index (χ1v) is 7.72. The molecule has 2 aromatic heterocycles. The van der Waals surface area contributed by atoms with E-state index in [9.17, 15) is 4.79 Å². The Kier molecular flexibility index (Phi) is 4.60. The highest BCUT2D eigenvalue weighted by Crippen LogP contribution is 2.16. The molecule has 0 spiro atoms. The molecular weight excluding hydrogens is 270 g/mol. The number of nitrogens with one attached hydrogen (secondary N) is 1. The number of carbonyl (C=O) groups is 1. The largest absolute Gasteiger partial charge is 0.348 e. The number of nitrogens with zero attached hydrogens (tertiary/aromatic N) is 2. The van der Waals surface area contributed by atoms with Gasteiger partial charge in [-0.25, -0.2) is 0 Å². The van der Waals surface area contributed by atoms with Crippen LogP contribution in [0.1, 0.15) is 39.8 Å². The lowest BCUT2D eigenvalue weighted by Gasteiger charge is -2.13. The van der Waals surface area contributed by atoms with Crippen molar-refractivity contribution in [1.29, 1.82) is 0 Å². The zero-order valence-corrected chi connectivity index (χ0v) is 13.3. The van der Waals surface area contributed by atoms with Crippen molar-refractivity contribution in [2.75, 3.05) is 0 Å². The second-order valence-corrected chi connectivity index (χ2v) is 6.45. The number of rotatable bonds is 5. The van der Waals surface area contributed by atoms with Gasteiger partial charge < -0.3 is 5.32 Å². The van der Waals surface area contributed by atoms with Gasteiger partial charge in [0.2, 0.25) is 0 Å². The van der Waals surface area contributed by atoms with E-state index in [4.69, 9.17) is 0 Å². The maximum atomic E-state index is 12.3. The van der Waals surface area contributed by atoms with Crippen LogP contribution in [0.5, 0.6) is 0 Å². The zero-order chi connectivity index (χ0) is 14.7. The van der Waals surface area contributed by atoms with Crippen molar-refractivity contribution >= 4 is 17.2 Å². The quantitative estimate of drug-likeness (QED) is 0.920. The van der Waals surface area contributed by atoms with Crippen LogP contribution in [-0.2, 0) is 13.0 Å². The summed E-state index contributed by atoms with van der Waals surface area (Å²) in [7, 11) is 0. The van der Waals surface area contributed by atoms with E-state index in [1.807, 2.05) is 26.8 Å². The molecule has 4 nitrogen and oxygen atoms in total. The standard InChI is InChI=1S/C15H21N3OS/c1-5-18-14(9-11(3)17-18)15(19)16-10(2)8-13-7-6-12(4)20-13/h6-7,9-10H,5,8H2,1-4H3,(H,16,19)/t10-/m1/s1. The van der Waals surface area contributed by atoms with E-state index in [1.165, 1.54) is 9.75 Å². The van der Waals surface area contributed by atoms with E-state index in [1.54, 1.807) is 16.0 Å². The van der Waals surface area contributed by atoms with Gasteiger partial charge in [-0.3, -0.25) is 9.48 Å². The topological polar surface area (TPSA) is 46.9 Å². The predicted octanol–water partition coefficient (Wildman–Crippen LogP) is 2.94. The summed E-state index contributed by atoms with van der Waals surface area (Å²) in [5, 5.41) is 7.35. The molecule has 0 aliphatic heterocycles. The highest BCUT2D eigenvalue weighted by Gasteiger charge is 2.15. The molecular formula is C15H21N3OS. The van der Waals surface area contributed by atoms with Crippen LogP contribution < -0.4 is 5.32 Å². The summed E-state index contributed by atoms with van der Waals surface area (Å²) in [6, 6.07) is 6.19. The molecule has 20 heavy (non-hydrogen) atoms. The summed E-state index contributed by atoms with van der Waals surface area (Å²) in [5.74, 6) is -0.0479. The van der Waals surface area contributed by atoms with Gasteiger partial charge in [-0.15, -0.1) is 11.3 Å². The molecule has 0 aromatic carbocycles. The number of amides is 1. The maximum Gasteiger partial charge on any atom is 0.269 e. The second-order valence-electron chi connectivity index (χ2n) is 5.08. The molecule has 0 unspecified atom stereocenters. The van der Waals surface area contributed by atoms with Gasteiger partial charge in [-0.1, -0.05) is 0 Å². The lowest BCUT2D eigenvalue weighted by molar-refractivity contribution is 0.0929. The van der Waals surface area contributed by atoms with Crippen molar-refractivity contribution in [2.24, 2.45) is 0 Å². The van der Waals surface area contributed by atoms with Crippen molar-refractivity contribution in [1.82, 2.24) is 15.1 Å². The average molecular weight is 291 g/mol. The second kappa shape index (κ2) is 6.22. The summed E-state index contributed by atoms with van der Waals surface area (Å²) >= 11 is 1.78. The van der Waals surface area contributed by atoms with Crippen LogP contribution in [0.15, 0.2) is 18.2 Å². The Morgan fingerprint density at radius 3 is 2.80 bits per heavy atom. The summed E-state index contributed by atoms with van der Waals surface area (Å²) in [6.07, 6.45) is 0.865. The first-order chi connectivity index (χ1) is 9.49. The lowest BCUT2D eigenvalue weighted by atomic mass is 10.2. The van der Waals surface area contributed by atoms with Crippen LogP contribution in [0.4, 0.5) is 0 Å². The van der Waals surface area contributed by atoms with Crippen molar-refractivity contribution in [3.05, 3.63) is 39.3 Å². The molecule has 1 atom stereocenters. The molecule has 5 heteroatoms. The van der Waals surface area contributed by atoms with Gasteiger partial charge in [0, 0.05) is 28.8 Å². The van der Waals surface area contributed by atoms with E-state index < -0.39 is 0 Å². The molecule has 1 amide bonds. The van der Waals surface area contributed by atoms with E-state index >= 15 is 0 Å². The molecule has 0 saturated carbocycles. The molecule has 108 valence electrons.